The van der Waals surface area contributed by atoms with Gasteiger partial charge in [-0.1, -0.05) is 6.92 Å². The standard InChI is InChI=1S/C20H30N4O5S/c1-9-14-13(10(2)25)18(27)24(14)15(19(28)29)16(9)30-11-7-12-17(26)22(6-5-21)20(3,4)23(12)8-11/h9-14,25H,5-8,21H2,1-4H3,(H,28,29)/t9-,10-,11+,12?,13-,14-/m1/s1. The van der Waals surface area contributed by atoms with Crippen LogP contribution in [0.25, 0.3) is 0 Å². The zero-order valence-electron chi connectivity index (χ0n) is 17.7. The zero-order chi connectivity index (χ0) is 22.1. The Kier molecular flexibility index (Phi) is 5.20. The Hall–Kier alpha value is -1.62. The number of fused-ring (bicyclic) bond motifs is 2. The summed E-state index contributed by atoms with van der Waals surface area (Å²) in [7, 11) is 0. The molecule has 0 aromatic carbocycles. The number of aliphatic hydroxyl groups excluding tert-OH is 1. The Balaban J connectivity index is 1.55. The van der Waals surface area contributed by atoms with E-state index in [-0.39, 0.29) is 40.8 Å². The van der Waals surface area contributed by atoms with Gasteiger partial charge in [-0.25, -0.2) is 4.79 Å². The van der Waals surface area contributed by atoms with Gasteiger partial charge in [0.25, 0.3) is 0 Å². The minimum atomic E-state index is -1.12. The third-order valence-corrected chi connectivity index (χ3v) is 8.63. The second kappa shape index (κ2) is 7.22. The van der Waals surface area contributed by atoms with E-state index >= 15 is 0 Å². The van der Waals surface area contributed by atoms with Crippen molar-refractivity contribution in [2.75, 3.05) is 19.6 Å². The van der Waals surface area contributed by atoms with Crippen LogP contribution in [0.5, 0.6) is 0 Å². The highest BCUT2D eigenvalue weighted by atomic mass is 32.2. The monoisotopic (exact) mass is 438 g/mol. The summed E-state index contributed by atoms with van der Waals surface area (Å²) in [5.41, 5.74) is 5.29. The van der Waals surface area contributed by atoms with Crippen LogP contribution in [0.2, 0.25) is 0 Å². The number of carboxylic acid groups (broad SMARTS) is 1. The maximum absolute atomic E-state index is 12.9. The van der Waals surface area contributed by atoms with Crippen LogP contribution >= 0.6 is 11.8 Å². The first-order valence-corrected chi connectivity index (χ1v) is 11.3. The van der Waals surface area contributed by atoms with Gasteiger partial charge < -0.3 is 25.7 Å². The molecule has 30 heavy (non-hydrogen) atoms. The van der Waals surface area contributed by atoms with Crippen LogP contribution in [0.4, 0.5) is 0 Å². The van der Waals surface area contributed by atoms with Crippen LogP contribution < -0.4 is 5.73 Å². The number of amides is 2. The molecular weight excluding hydrogens is 408 g/mol. The van der Waals surface area contributed by atoms with Crippen molar-refractivity contribution in [3.8, 4) is 0 Å². The Labute approximate surface area is 180 Å². The van der Waals surface area contributed by atoms with Crippen LogP contribution in [0.1, 0.15) is 34.1 Å². The first-order valence-electron chi connectivity index (χ1n) is 10.5. The normalized spacial score (nSPS) is 36.3. The van der Waals surface area contributed by atoms with Crippen molar-refractivity contribution in [2.45, 2.75) is 63.2 Å². The molecule has 2 amide bonds. The lowest BCUT2D eigenvalue weighted by Crippen LogP contribution is -2.63. The Bertz CT molecular complexity index is 828. The molecule has 0 aromatic heterocycles. The lowest BCUT2D eigenvalue weighted by atomic mass is 9.79. The number of thioether (sulfide) groups is 1. The maximum atomic E-state index is 12.9. The molecule has 3 saturated heterocycles. The molecule has 9 nitrogen and oxygen atoms in total. The quantitative estimate of drug-likeness (QED) is 0.489. The fraction of sp³-hybridized carbons (Fsp3) is 0.750. The second-order valence-corrected chi connectivity index (χ2v) is 10.5. The number of hydrogen-bond donors (Lipinski definition) is 3. The van der Waals surface area contributed by atoms with Crippen LogP contribution in [0, 0.1) is 11.8 Å². The molecule has 0 bridgehead atoms. The van der Waals surface area contributed by atoms with Gasteiger partial charge in [0.2, 0.25) is 11.8 Å². The van der Waals surface area contributed by atoms with Gasteiger partial charge in [-0.15, -0.1) is 11.8 Å². The second-order valence-electron chi connectivity index (χ2n) is 9.19. The number of carboxylic acids is 1. The van der Waals surface area contributed by atoms with Crippen LogP contribution in [-0.4, -0.2) is 91.4 Å². The summed E-state index contributed by atoms with van der Waals surface area (Å²) in [4.78, 5) is 43.5. The van der Waals surface area contributed by atoms with E-state index in [0.29, 0.717) is 31.0 Å². The molecule has 4 aliphatic heterocycles. The van der Waals surface area contributed by atoms with E-state index in [9.17, 15) is 24.6 Å². The largest absolute Gasteiger partial charge is 0.477 e. The highest BCUT2D eigenvalue weighted by Gasteiger charge is 2.61. The first-order chi connectivity index (χ1) is 14.0. The lowest BCUT2D eigenvalue weighted by molar-refractivity contribution is -0.163. The fourth-order valence-corrected chi connectivity index (χ4v) is 7.22. The minimum Gasteiger partial charge on any atom is -0.477 e. The summed E-state index contributed by atoms with van der Waals surface area (Å²) < 4.78 is 0. The summed E-state index contributed by atoms with van der Waals surface area (Å²) in [6.07, 6.45) is -0.181. The molecule has 1 unspecified atom stereocenters. The van der Waals surface area contributed by atoms with Gasteiger partial charge in [0.15, 0.2) is 0 Å². The van der Waals surface area contributed by atoms with E-state index in [1.54, 1.807) is 6.92 Å². The van der Waals surface area contributed by atoms with Gasteiger partial charge in [-0.3, -0.25) is 14.5 Å². The molecular formula is C20H30N4O5S. The molecule has 0 aromatic rings. The van der Waals surface area contributed by atoms with E-state index in [2.05, 4.69) is 4.90 Å². The SMILES string of the molecule is C[C@@H](O)[C@H]1C(=O)N2C(C(=O)O)=C(S[C@H]3CC4C(=O)N(CCN)C(C)(C)N4C3)[C@H](C)[C@H]12. The lowest BCUT2D eigenvalue weighted by Gasteiger charge is -2.46. The van der Waals surface area contributed by atoms with Gasteiger partial charge in [-0.05, 0) is 27.2 Å². The van der Waals surface area contributed by atoms with Crippen molar-refractivity contribution in [1.82, 2.24) is 14.7 Å². The summed E-state index contributed by atoms with van der Waals surface area (Å²) in [5, 5.41) is 19.9. The van der Waals surface area contributed by atoms with Crippen molar-refractivity contribution in [3.05, 3.63) is 10.6 Å². The minimum absolute atomic E-state index is 0.0433. The van der Waals surface area contributed by atoms with E-state index < -0.39 is 23.7 Å². The van der Waals surface area contributed by atoms with Crippen LogP contribution in [-0.2, 0) is 14.4 Å². The topological polar surface area (TPSA) is 127 Å². The van der Waals surface area contributed by atoms with E-state index in [1.807, 2.05) is 25.7 Å². The van der Waals surface area contributed by atoms with E-state index in [4.69, 9.17) is 5.73 Å². The molecule has 4 rings (SSSR count). The molecule has 0 spiro atoms. The van der Waals surface area contributed by atoms with Gasteiger partial charge in [-0.2, -0.15) is 0 Å². The number of aliphatic hydroxyl groups is 1. The number of carbonyl (C=O) groups is 3. The van der Waals surface area contributed by atoms with E-state index in [1.165, 1.54) is 16.7 Å². The zero-order valence-corrected chi connectivity index (χ0v) is 18.6. The number of carbonyl (C=O) groups excluding carboxylic acids is 2. The van der Waals surface area contributed by atoms with Crippen LogP contribution in [0.3, 0.4) is 0 Å². The number of nitrogens with zero attached hydrogens (tertiary/aromatic N) is 3. The maximum Gasteiger partial charge on any atom is 0.353 e. The molecule has 4 heterocycles. The molecule has 4 aliphatic rings. The number of aliphatic carboxylic acids is 1. The number of rotatable bonds is 6. The summed E-state index contributed by atoms with van der Waals surface area (Å²) >= 11 is 1.48. The number of β-lactam (4-membered cyclic amide) rings is 1. The average Bonchev–Trinajstić information content (AvgIpc) is 3.23. The van der Waals surface area contributed by atoms with Gasteiger partial charge in [0.05, 0.1) is 29.8 Å². The molecule has 3 fully saturated rings. The predicted octanol–water partition coefficient (Wildman–Crippen LogP) is -0.147. The molecule has 6 atom stereocenters. The molecule has 0 saturated carbocycles. The molecule has 166 valence electrons. The predicted molar refractivity (Wildman–Crippen MR) is 111 cm³/mol. The highest BCUT2D eigenvalue weighted by molar-refractivity contribution is 8.03. The summed E-state index contributed by atoms with van der Waals surface area (Å²) in [5.74, 6) is -2.09. The number of nitrogens with two attached hydrogens (primary N) is 1. The van der Waals surface area contributed by atoms with Crippen molar-refractivity contribution in [1.29, 1.82) is 0 Å². The van der Waals surface area contributed by atoms with Gasteiger partial charge in [0, 0.05) is 35.7 Å². The molecule has 0 aliphatic carbocycles. The summed E-state index contributed by atoms with van der Waals surface area (Å²) in [6, 6.07) is -0.538. The van der Waals surface area contributed by atoms with Gasteiger partial charge >= 0.3 is 5.97 Å². The summed E-state index contributed by atoms with van der Waals surface area (Å²) in [6.45, 7) is 9.13. The van der Waals surface area contributed by atoms with Crippen molar-refractivity contribution in [3.63, 3.8) is 0 Å². The molecule has 10 heteroatoms. The third-order valence-electron chi connectivity index (χ3n) is 7.13. The number of hydrogen-bond acceptors (Lipinski definition) is 7. The van der Waals surface area contributed by atoms with Crippen molar-refractivity contribution >= 4 is 29.5 Å². The highest BCUT2D eigenvalue weighted by Crippen LogP contribution is 2.53. The molecule has 4 N–H and O–H groups in total. The molecule has 0 radical (unpaired) electrons. The average molecular weight is 439 g/mol. The van der Waals surface area contributed by atoms with Crippen LogP contribution in [0.15, 0.2) is 10.6 Å². The van der Waals surface area contributed by atoms with Gasteiger partial charge in [0.1, 0.15) is 5.70 Å². The van der Waals surface area contributed by atoms with Crippen molar-refractivity contribution < 1.29 is 24.6 Å². The fourth-order valence-electron chi connectivity index (χ4n) is 5.70. The Morgan fingerprint density at radius 2 is 2.00 bits per heavy atom. The smallest absolute Gasteiger partial charge is 0.353 e. The third kappa shape index (κ3) is 2.84. The van der Waals surface area contributed by atoms with E-state index in [0.717, 1.165) is 0 Å². The Morgan fingerprint density at radius 3 is 2.53 bits per heavy atom. The Morgan fingerprint density at radius 1 is 1.33 bits per heavy atom. The first kappa shape index (κ1) is 21.6. The van der Waals surface area contributed by atoms with Crippen molar-refractivity contribution in [2.24, 2.45) is 17.6 Å².